The summed E-state index contributed by atoms with van der Waals surface area (Å²) in [6, 6.07) is 17.7. The Hall–Kier alpha value is -2.86. The first-order valence-corrected chi connectivity index (χ1v) is 9.18. The zero-order valence-corrected chi connectivity index (χ0v) is 16.0. The molecule has 0 heterocycles. The number of nitrogens with one attached hydrogen (secondary N) is 2. The smallest absolute Gasteiger partial charge is 0.128 e. The van der Waals surface area contributed by atoms with Crippen LogP contribution < -0.4 is 10.9 Å². The van der Waals surface area contributed by atoms with Gasteiger partial charge in [-0.15, -0.1) is 0 Å². The van der Waals surface area contributed by atoms with Crippen LogP contribution in [0, 0.1) is 0 Å². The lowest BCUT2D eigenvalue weighted by molar-refractivity contribution is -0.130. The number of hydrazone groups is 2. The van der Waals surface area contributed by atoms with Crippen molar-refractivity contribution in [2.24, 2.45) is 10.2 Å². The number of nitrogens with zero attached hydrogens (tertiary/aromatic N) is 2. The second-order valence-corrected chi connectivity index (χ2v) is 6.42. The zero-order valence-electron chi connectivity index (χ0n) is 16.0. The molecule has 0 radical (unpaired) electrons. The van der Waals surface area contributed by atoms with Gasteiger partial charge in [0.15, 0.2) is 0 Å². The second-order valence-electron chi connectivity index (χ2n) is 6.42. The second kappa shape index (κ2) is 12.0. The summed E-state index contributed by atoms with van der Waals surface area (Å²) < 4.78 is 0. The lowest BCUT2D eigenvalue weighted by Crippen LogP contribution is -2.52. The quantitative estimate of drug-likeness (QED) is 0.176. The van der Waals surface area contributed by atoms with Gasteiger partial charge in [-0.2, -0.15) is 10.2 Å². The van der Waals surface area contributed by atoms with Crippen molar-refractivity contribution in [1.29, 1.82) is 0 Å². The van der Waals surface area contributed by atoms with Crippen molar-refractivity contribution in [2.75, 3.05) is 17.5 Å². The molecule has 30 heavy (non-hydrogen) atoms. The van der Waals surface area contributed by atoms with Crippen molar-refractivity contribution in [1.82, 2.24) is 0 Å². The Balaban J connectivity index is 2.18. The van der Waals surface area contributed by atoms with E-state index in [-0.39, 0.29) is 5.71 Å². The minimum atomic E-state index is -1.96. The Kier molecular flexibility index (Phi) is 9.35. The van der Waals surface area contributed by atoms with Gasteiger partial charge in [-0.1, -0.05) is 36.4 Å². The van der Waals surface area contributed by atoms with Crippen molar-refractivity contribution in [3.63, 3.8) is 0 Å². The fourth-order valence-electron chi connectivity index (χ4n) is 2.40. The van der Waals surface area contributed by atoms with Crippen molar-refractivity contribution < 1.29 is 30.6 Å². The molecule has 0 bridgehead atoms. The number of benzene rings is 2. The van der Waals surface area contributed by atoms with Gasteiger partial charge in [0.1, 0.15) is 36.2 Å². The molecule has 5 atom stereocenters. The third-order valence-electron chi connectivity index (χ3n) is 4.16. The molecule has 0 spiro atoms. The lowest BCUT2D eigenvalue weighted by Gasteiger charge is -2.28. The first-order chi connectivity index (χ1) is 14.4. The van der Waals surface area contributed by atoms with E-state index in [4.69, 9.17) is 5.11 Å². The highest BCUT2D eigenvalue weighted by atomic mass is 16.4. The molecule has 0 aromatic heterocycles. The third-order valence-corrected chi connectivity index (χ3v) is 4.16. The van der Waals surface area contributed by atoms with Crippen molar-refractivity contribution in [2.45, 2.75) is 30.5 Å². The molecule has 2 rings (SSSR count). The molecular weight excluding hydrogens is 392 g/mol. The predicted molar refractivity (Wildman–Crippen MR) is 113 cm³/mol. The number of aliphatic hydroxyl groups excluding tert-OH is 6. The summed E-state index contributed by atoms with van der Waals surface area (Å²) in [6.45, 7) is -0.833. The first-order valence-electron chi connectivity index (χ1n) is 9.18. The highest BCUT2D eigenvalue weighted by molar-refractivity contribution is 6.33. The summed E-state index contributed by atoms with van der Waals surface area (Å²) in [5, 5.41) is 66.9. The average Bonchev–Trinajstić information content (AvgIpc) is 2.80. The molecule has 162 valence electrons. The molecule has 0 unspecified atom stereocenters. The fourth-order valence-corrected chi connectivity index (χ4v) is 2.40. The molecule has 0 aliphatic carbocycles. The van der Waals surface area contributed by atoms with E-state index in [1.54, 1.807) is 48.5 Å². The van der Waals surface area contributed by atoms with Gasteiger partial charge in [0.05, 0.1) is 24.2 Å². The largest absolute Gasteiger partial charge is 0.394 e. The zero-order chi connectivity index (χ0) is 21.9. The highest BCUT2D eigenvalue weighted by Crippen LogP contribution is 2.11. The van der Waals surface area contributed by atoms with Gasteiger partial charge < -0.3 is 30.6 Å². The molecule has 0 aliphatic heterocycles. The summed E-state index contributed by atoms with van der Waals surface area (Å²) in [6.07, 6.45) is -8.11. The molecule has 0 aliphatic rings. The van der Waals surface area contributed by atoms with Gasteiger partial charge in [0, 0.05) is 0 Å². The van der Waals surface area contributed by atoms with Gasteiger partial charge in [-0.3, -0.25) is 10.9 Å². The van der Waals surface area contributed by atoms with Gasteiger partial charge in [-0.25, -0.2) is 0 Å². The van der Waals surface area contributed by atoms with Crippen molar-refractivity contribution in [3.8, 4) is 0 Å². The first kappa shape index (κ1) is 23.4. The summed E-state index contributed by atoms with van der Waals surface area (Å²) in [5.74, 6) is 0. The summed E-state index contributed by atoms with van der Waals surface area (Å²) >= 11 is 0. The standard InChI is InChI=1S/C20H26N4O6/c25-12-16(26)18(28)20(30)19(29)17(27)15(24-23-14-9-5-2-6-10-14)11-21-22-13-7-3-1-4-8-13/h1-11,16-20,22-23,25-30H,12H2/b21-11+,24-15-/t16-,17+,18-,19+,20-/m1/s1. The van der Waals surface area contributed by atoms with Crippen LogP contribution >= 0.6 is 0 Å². The van der Waals surface area contributed by atoms with Crippen molar-refractivity contribution in [3.05, 3.63) is 60.7 Å². The van der Waals surface area contributed by atoms with Crippen LogP contribution in [0.1, 0.15) is 0 Å². The number of hydrogen-bond donors (Lipinski definition) is 8. The normalized spacial score (nSPS) is 17.2. The molecule has 0 amide bonds. The Labute approximate surface area is 173 Å². The maximum Gasteiger partial charge on any atom is 0.128 e. The minimum Gasteiger partial charge on any atom is -0.394 e. The van der Waals surface area contributed by atoms with Gasteiger partial charge in [0.25, 0.3) is 0 Å². The Bertz CT molecular complexity index is 805. The number of hydrogen-bond acceptors (Lipinski definition) is 10. The lowest BCUT2D eigenvalue weighted by atomic mass is 9.97. The van der Waals surface area contributed by atoms with Crippen LogP contribution in [-0.2, 0) is 0 Å². The van der Waals surface area contributed by atoms with Crippen LogP contribution in [0.3, 0.4) is 0 Å². The monoisotopic (exact) mass is 418 g/mol. The molecule has 10 heteroatoms. The molecule has 2 aromatic rings. The van der Waals surface area contributed by atoms with Crippen LogP contribution in [0.5, 0.6) is 0 Å². The molecule has 0 saturated heterocycles. The van der Waals surface area contributed by atoms with E-state index in [1.807, 2.05) is 12.1 Å². The summed E-state index contributed by atoms with van der Waals surface area (Å²) in [5.41, 5.74) is 6.52. The van der Waals surface area contributed by atoms with Gasteiger partial charge in [-0.05, 0) is 24.3 Å². The van der Waals surface area contributed by atoms with Crippen molar-refractivity contribution >= 4 is 23.3 Å². The van der Waals surface area contributed by atoms with E-state index >= 15 is 0 Å². The molecule has 2 aromatic carbocycles. The topological polar surface area (TPSA) is 170 Å². The van der Waals surface area contributed by atoms with Crippen LogP contribution in [-0.4, -0.2) is 79.7 Å². The molecule has 10 nitrogen and oxygen atoms in total. The van der Waals surface area contributed by atoms with Crippen LogP contribution in [0.25, 0.3) is 0 Å². The van der Waals surface area contributed by atoms with Crippen LogP contribution in [0.2, 0.25) is 0 Å². The van der Waals surface area contributed by atoms with E-state index in [9.17, 15) is 25.5 Å². The predicted octanol–water partition coefficient (Wildman–Crippen LogP) is -0.651. The number of rotatable bonds is 11. The maximum absolute atomic E-state index is 10.5. The van der Waals surface area contributed by atoms with Gasteiger partial charge >= 0.3 is 0 Å². The Morgan fingerprint density at radius 3 is 1.83 bits per heavy atom. The van der Waals surface area contributed by atoms with Crippen LogP contribution in [0.4, 0.5) is 11.4 Å². The summed E-state index contributed by atoms with van der Waals surface area (Å²) in [7, 11) is 0. The van der Waals surface area contributed by atoms with E-state index in [1.165, 1.54) is 0 Å². The molecule has 8 N–H and O–H groups in total. The number of para-hydroxylation sites is 2. The highest BCUT2D eigenvalue weighted by Gasteiger charge is 2.35. The fraction of sp³-hybridized carbons (Fsp3) is 0.300. The third kappa shape index (κ3) is 6.88. The Morgan fingerprint density at radius 1 is 0.767 bits per heavy atom. The van der Waals surface area contributed by atoms with Crippen LogP contribution in [0.15, 0.2) is 70.9 Å². The Morgan fingerprint density at radius 2 is 1.30 bits per heavy atom. The molecule has 0 saturated carbocycles. The van der Waals surface area contributed by atoms with E-state index in [2.05, 4.69) is 21.1 Å². The van der Waals surface area contributed by atoms with E-state index < -0.39 is 37.1 Å². The van der Waals surface area contributed by atoms with E-state index in [0.29, 0.717) is 11.4 Å². The molecular formula is C20H26N4O6. The maximum atomic E-state index is 10.5. The summed E-state index contributed by atoms with van der Waals surface area (Å²) in [4.78, 5) is 0. The number of anilines is 2. The SMILES string of the molecule is OC[C@@H](O)[C@@H](O)[C@@H](O)[C@@H](O)[C@@H](O)C(/C=N/Nc1ccccc1)=N\Nc1ccccc1. The van der Waals surface area contributed by atoms with Gasteiger partial charge in [0.2, 0.25) is 0 Å². The molecule has 0 fully saturated rings. The average molecular weight is 418 g/mol. The van der Waals surface area contributed by atoms with E-state index in [0.717, 1.165) is 6.21 Å². The number of aliphatic hydroxyl groups is 6. The minimum absolute atomic E-state index is 0.167.